The van der Waals surface area contributed by atoms with Gasteiger partial charge in [0.25, 0.3) is 5.91 Å². The van der Waals surface area contributed by atoms with Gasteiger partial charge in [-0.05, 0) is 36.2 Å². The quantitative estimate of drug-likeness (QED) is 0.651. The van der Waals surface area contributed by atoms with E-state index in [0.717, 1.165) is 5.56 Å². The molecule has 0 radical (unpaired) electrons. The lowest BCUT2D eigenvalue weighted by Gasteiger charge is -2.26. The number of halogens is 1. The fourth-order valence-corrected chi connectivity index (χ4v) is 4.55. The zero-order chi connectivity index (χ0) is 21.6. The molecule has 160 valence electrons. The number of nitrogens with zero attached hydrogens (tertiary/aromatic N) is 1. The standard InChI is InChI=1S/C20H22ClN3O5S/c21-18-4-2-1-3-17(18)20(26)23-22-19(25)10-7-15-5-8-16(9-6-15)30(27,28)24-11-13-29-14-12-24/h1-6,8-9H,7,10-14H2,(H,22,25)(H,23,26). The summed E-state index contributed by atoms with van der Waals surface area (Å²) < 4.78 is 31.8. The molecule has 0 aliphatic carbocycles. The van der Waals surface area contributed by atoms with Gasteiger partial charge in [0.05, 0.1) is 28.7 Å². The Morgan fingerprint density at radius 1 is 1.00 bits per heavy atom. The van der Waals surface area contributed by atoms with Crippen LogP contribution in [0.1, 0.15) is 22.3 Å². The topological polar surface area (TPSA) is 105 Å². The van der Waals surface area contributed by atoms with Crippen molar-refractivity contribution in [3.8, 4) is 0 Å². The van der Waals surface area contributed by atoms with E-state index in [1.165, 1.54) is 16.4 Å². The first-order valence-corrected chi connectivity index (χ1v) is 11.2. The summed E-state index contributed by atoms with van der Waals surface area (Å²) >= 11 is 5.94. The van der Waals surface area contributed by atoms with Gasteiger partial charge in [0.1, 0.15) is 0 Å². The molecule has 8 nitrogen and oxygen atoms in total. The van der Waals surface area contributed by atoms with Crippen LogP contribution in [0.4, 0.5) is 0 Å². The number of sulfonamides is 1. The zero-order valence-corrected chi connectivity index (χ0v) is 17.7. The van der Waals surface area contributed by atoms with Gasteiger partial charge >= 0.3 is 0 Å². The molecule has 1 saturated heterocycles. The van der Waals surface area contributed by atoms with E-state index in [-0.39, 0.29) is 27.8 Å². The van der Waals surface area contributed by atoms with E-state index in [4.69, 9.17) is 16.3 Å². The summed E-state index contributed by atoms with van der Waals surface area (Å²) in [5.41, 5.74) is 5.74. The summed E-state index contributed by atoms with van der Waals surface area (Å²) in [5.74, 6) is -0.882. The number of amides is 2. The molecular weight excluding hydrogens is 430 g/mol. The molecule has 1 aliphatic heterocycles. The zero-order valence-electron chi connectivity index (χ0n) is 16.1. The van der Waals surface area contributed by atoms with Gasteiger partial charge in [-0.1, -0.05) is 35.9 Å². The van der Waals surface area contributed by atoms with Crippen LogP contribution in [0.2, 0.25) is 5.02 Å². The molecule has 0 bridgehead atoms. The van der Waals surface area contributed by atoms with Crippen LogP contribution in [0.15, 0.2) is 53.4 Å². The summed E-state index contributed by atoms with van der Waals surface area (Å²) in [4.78, 5) is 24.2. The SMILES string of the molecule is O=C(CCc1ccc(S(=O)(=O)N2CCOCC2)cc1)NNC(=O)c1ccccc1Cl. The molecule has 0 saturated carbocycles. The van der Waals surface area contributed by atoms with Crippen LogP contribution >= 0.6 is 11.6 Å². The van der Waals surface area contributed by atoms with Gasteiger partial charge in [-0.2, -0.15) is 4.31 Å². The predicted octanol–water partition coefficient (Wildman–Crippen LogP) is 1.75. The van der Waals surface area contributed by atoms with Gasteiger partial charge in [-0.25, -0.2) is 8.42 Å². The van der Waals surface area contributed by atoms with Crippen molar-refractivity contribution in [2.24, 2.45) is 0 Å². The molecule has 2 aromatic rings. The lowest BCUT2D eigenvalue weighted by molar-refractivity contribution is -0.121. The van der Waals surface area contributed by atoms with Crippen LogP contribution < -0.4 is 10.9 Å². The van der Waals surface area contributed by atoms with E-state index >= 15 is 0 Å². The van der Waals surface area contributed by atoms with Gasteiger partial charge in [-0.3, -0.25) is 20.4 Å². The monoisotopic (exact) mass is 451 g/mol. The van der Waals surface area contributed by atoms with Crippen molar-refractivity contribution in [2.45, 2.75) is 17.7 Å². The number of nitrogens with one attached hydrogen (secondary N) is 2. The second-order valence-electron chi connectivity index (χ2n) is 6.64. The van der Waals surface area contributed by atoms with Gasteiger partial charge in [-0.15, -0.1) is 0 Å². The third-order valence-corrected chi connectivity index (χ3v) is 6.85. The number of hydrogen-bond donors (Lipinski definition) is 2. The first kappa shape index (κ1) is 22.2. The molecule has 0 unspecified atom stereocenters. The highest BCUT2D eigenvalue weighted by Crippen LogP contribution is 2.18. The summed E-state index contributed by atoms with van der Waals surface area (Å²) in [5, 5.41) is 0.288. The van der Waals surface area contributed by atoms with E-state index in [1.54, 1.807) is 36.4 Å². The number of hydrogen-bond acceptors (Lipinski definition) is 5. The maximum absolute atomic E-state index is 12.6. The van der Waals surface area contributed by atoms with E-state index in [0.29, 0.717) is 32.7 Å². The van der Waals surface area contributed by atoms with E-state index in [9.17, 15) is 18.0 Å². The fourth-order valence-electron chi connectivity index (χ4n) is 2.92. The minimum atomic E-state index is -3.54. The first-order chi connectivity index (χ1) is 14.4. The highest BCUT2D eigenvalue weighted by atomic mass is 35.5. The minimum Gasteiger partial charge on any atom is -0.379 e. The molecule has 2 aromatic carbocycles. The van der Waals surface area contributed by atoms with Crippen LogP contribution in [-0.4, -0.2) is 50.8 Å². The Morgan fingerprint density at radius 2 is 1.67 bits per heavy atom. The van der Waals surface area contributed by atoms with Gasteiger partial charge in [0.2, 0.25) is 15.9 Å². The molecule has 10 heteroatoms. The average Bonchev–Trinajstić information content (AvgIpc) is 2.77. The Morgan fingerprint density at radius 3 is 2.33 bits per heavy atom. The molecule has 0 aromatic heterocycles. The molecule has 2 amide bonds. The normalized spacial score (nSPS) is 14.8. The molecular formula is C20H22ClN3O5S. The van der Waals surface area contributed by atoms with Crippen molar-refractivity contribution < 1.29 is 22.7 Å². The lowest BCUT2D eigenvalue weighted by atomic mass is 10.1. The van der Waals surface area contributed by atoms with Crippen molar-refractivity contribution in [3.63, 3.8) is 0 Å². The number of benzene rings is 2. The molecule has 2 N–H and O–H groups in total. The van der Waals surface area contributed by atoms with Crippen LogP contribution in [-0.2, 0) is 26.0 Å². The Kier molecular flexibility index (Phi) is 7.43. The van der Waals surface area contributed by atoms with Crippen LogP contribution in [0.25, 0.3) is 0 Å². The number of carbonyl (C=O) groups is 2. The van der Waals surface area contributed by atoms with Crippen molar-refractivity contribution >= 4 is 33.4 Å². The van der Waals surface area contributed by atoms with Crippen LogP contribution in [0.3, 0.4) is 0 Å². The van der Waals surface area contributed by atoms with E-state index < -0.39 is 15.9 Å². The maximum atomic E-state index is 12.6. The molecule has 0 spiro atoms. The van der Waals surface area contributed by atoms with Crippen molar-refractivity contribution in [3.05, 3.63) is 64.7 Å². The van der Waals surface area contributed by atoms with Crippen molar-refractivity contribution in [1.82, 2.24) is 15.2 Å². The molecule has 1 aliphatic rings. The van der Waals surface area contributed by atoms with Crippen LogP contribution in [0.5, 0.6) is 0 Å². The Hall–Kier alpha value is -2.46. The van der Waals surface area contributed by atoms with E-state index in [1.807, 2.05) is 0 Å². The Balaban J connectivity index is 1.49. The number of rotatable bonds is 6. The average molecular weight is 452 g/mol. The second kappa shape index (κ2) is 10.0. The third kappa shape index (κ3) is 5.57. The number of hydrazine groups is 1. The fraction of sp³-hybridized carbons (Fsp3) is 0.300. The first-order valence-electron chi connectivity index (χ1n) is 9.38. The highest BCUT2D eigenvalue weighted by Gasteiger charge is 2.26. The third-order valence-electron chi connectivity index (χ3n) is 4.61. The minimum absolute atomic E-state index is 0.123. The molecule has 1 fully saturated rings. The predicted molar refractivity (Wildman–Crippen MR) is 111 cm³/mol. The smallest absolute Gasteiger partial charge is 0.271 e. The number of carbonyl (C=O) groups excluding carboxylic acids is 2. The van der Waals surface area contributed by atoms with Crippen molar-refractivity contribution in [2.75, 3.05) is 26.3 Å². The Labute approximate surface area is 180 Å². The maximum Gasteiger partial charge on any atom is 0.271 e. The molecule has 1 heterocycles. The summed E-state index contributed by atoms with van der Waals surface area (Å²) in [6, 6.07) is 13.0. The van der Waals surface area contributed by atoms with Crippen LogP contribution in [0, 0.1) is 0 Å². The second-order valence-corrected chi connectivity index (χ2v) is 8.99. The highest BCUT2D eigenvalue weighted by molar-refractivity contribution is 7.89. The summed E-state index contributed by atoms with van der Waals surface area (Å²) in [7, 11) is -3.54. The number of ether oxygens (including phenoxy) is 1. The van der Waals surface area contributed by atoms with Gasteiger partial charge < -0.3 is 4.74 Å². The lowest BCUT2D eigenvalue weighted by Crippen LogP contribution is -2.41. The number of morpholine rings is 1. The molecule has 3 rings (SSSR count). The Bertz CT molecular complexity index is 1010. The van der Waals surface area contributed by atoms with E-state index in [2.05, 4.69) is 10.9 Å². The van der Waals surface area contributed by atoms with Crippen molar-refractivity contribution in [1.29, 1.82) is 0 Å². The molecule has 30 heavy (non-hydrogen) atoms. The number of aryl methyl sites for hydroxylation is 1. The van der Waals surface area contributed by atoms with Gasteiger partial charge in [0.15, 0.2) is 0 Å². The largest absolute Gasteiger partial charge is 0.379 e. The summed E-state index contributed by atoms with van der Waals surface area (Å²) in [6.45, 7) is 1.45. The molecule has 0 atom stereocenters. The summed E-state index contributed by atoms with van der Waals surface area (Å²) in [6.07, 6.45) is 0.518. The van der Waals surface area contributed by atoms with Gasteiger partial charge in [0, 0.05) is 19.5 Å².